The Labute approximate surface area is 219 Å². The maximum Gasteiger partial charge on any atom is 0.326 e. The molecule has 1 aliphatic rings. The van der Waals surface area contributed by atoms with Crippen LogP contribution in [-0.2, 0) is 17.6 Å². The molecule has 9 heteroatoms. The maximum absolute atomic E-state index is 12.6. The Morgan fingerprint density at radius 3 is 2.56 bits per heavy atom. The fourth-order valence-electron chi connectivity index (χ4n) is 4.13. The molecule has 1 unspecified atom stereocenters. The number of nitrogens with one attached hydrogen (secondary N) is 2. The van der Waals surface area contributed by atoms with Crippen LogP contribution in [-0.4, -0.2) is 41.2 Å². The highest BCUT2D eigenvalue weighted by Gasteiger charge is 2.24. The van der Waals surface area contributed by atoms with E-state index in [1.807, 2.05) is 6.07 Å². The van der Waals surface area contributed by atoms with Gasteiger partial charge in [-0.1, -0.05) is 54.4 Å². The predicted octanol–water partition coefficient (Wildman–Crippen LogP) is 5.35. The Morgan fingerprint density at radius 1 is 1.14 bits per heavy atom. The topological polar surface area (TPSA) is 101 Å². The average Bonchev–Trinajstić information content (AvgIpc) is 2.84. The summed E-state index contributed by atoms with van der Waals surface area (Å²) in [6.45, 7) is 3.62. The van der Waals surface area contributed by atoms with E-state index in [4.69, 9.17) is 32.9 Å². The number of carboxylic acids is 1. The Bertz CT molecular complexity index is 1230. The van der Waals surface area contributed by atoms with E-state index in [0.29, 0.717) is 24.7 Å². The van der Waals surface area contributed by atoms with Crippen LogP contribution in [0.4, 0.5) is 5.82 Å². The number of nitrogens with zero attached hydrogens (tertiary/aromatic N) is 1. The summed E-state index contributed by atoms with van der Waals surface area (Å²) in [6, 6.07) is 14.8. The maximum atomic E-state index is 12.6. The molecule has 0 saturated carbocycles. The molecule has 4 rings (SSSR count). The Morgan fingerprint density at radius 2 is 1.86 bits per heavy atom. The van der Waals surface area contributed by atoms with Gasteiger partial charge in [-0.05, 0) is 53.8 Å². The molecule has 0 saturated heterocycles. The van der Waals surface area contributed by atoms with Gasteiger partial charge in [0.15, 0.2) is 0 Å². The predicted molar refractivity (Wildman–Crippen MR) is 140 cm³/mol. The second-order valence-corrected chi connectivity index (χ2v) is 9.58. The molecule has 0 aliphatic carbocycles. The van der Waals surface area contributed by atoms with Gasteiger partial charge in [0.2, 0.25) is 0 Å². The molecule has 7 nitrogen and oxygen atoms in total. The number of carboxylic acid groups (broad SMARTS) is 1. The van der Waals surface area contributed by atoms with Crippen LogP contribution in [0.1, 0.15) is 46.4 Å². The highest BCUT2D eigenvalue weighted by molar-refractivity contribution is 6.39. The zero-order valence-corrected chi connectivity index (χ0v) is 21.3. The van der Waals surface area contributed by atoms with E-state index in [-0.39, 0.29) is 22.0 Å². The zero-order valence-electron chi connectivity index (χ0n) is 19.8. The van der Waals surface area contributed by atoms with Crippen LogP contribution >= 0.6 is 23.2 Å². The van der Waals surface area contributed by atoms with Gasteiger partial charge < -0.3 is 20.5 Å². The van der Waals surface area contributed by atoms with Gasteiger partial charge >= 0.3 is 5.97 Å². The smallest absolute Gasteiger partial charge is 0.326 e. The van der Waals surface area contributed by atoms with E-state index >= 15 is 0 Å². The first kappa shape index (κ1) is 25.8. The molecule has 188 valence electrons. The molecule has 3 aromatic rings. The Hall–Kier alpha value is -3.29. The van der Waals surface area contributed by atoms with Gasteiger partial charge in [-0.2, -0.15) is 0 Å². The molecule has 0 radical (unpaired) electrons. The Kier molecular flexibility index (Phi) is 8.33. The summed E-state index contributed by atoms with van der Waals surface area (Å²) in [5.74, 6) is 0.349. The lowest BCUT2D eigenvalue weighted by Crippen LogP contribution is -2.42. The fourth-order valence-corrected chi connectivity index (χ4v) is 4.70. The van der Waals surface area contributed by atoms with Crippen molar-refractivity contribution in [1.29, 1.82) is 0 Å². The van der Waals surface area contributed by atoms with Crippen LogP contribution in [0.25, 0.3) is 0 Å². The first-order valence-corrected chi connectivity index (χ1v) is 12.5. The molecule has 0 bridgehead atoms. The van der Waals surface area contributed by atoms with Crippen LogP contribution in [0.15, 0.2) is 54.6 Å². The van der Waals surface area contributed by atoms with Gasteiger partial charge in [0, 0.05) is 25.1 Å². The summed E-state index contributed by atoms with van der Waals surface area (Å²) >= 11 is 12.1. The molecule has 0 fully saturated rings. The van der Waals surface area contributed by atoms with Crippen LogP contribution in [0.5, 0.6) is 5.75 Å². The highest BCUT2D eigenvalue weighted by Crippen LogP contribution is 2.29. The third-order valence-electron chi connectivity index (χ3n) is 6.17. The molecule has 0 spiro atoms. The van der Waals surface area contributed by atoms with Crippen molar-refractivity contribution in [2.75, 3.05) is 18.5 Å². The lowest BCUT2D eigenvalue weighted by atomic mass is 9.95. The first-order chi connectivity index (χ1) is 17.3. The molecule has 3 N–H and O–H groups in total. The summed E-state index contributed by atoms with van der Waals surface area (Å²) in [5.41, 5.74) is 3.00. The number of benzene rings is 2. The second-order valence-electron chi connectivity index (χ2n) is 8.76. The number of hydrogen-bond acceptors (Lipinski definition) is 5. The van der Waals surface area contributed by atoms with Crippen LogP contribution < -0.4 is 15.4 Å². The number of amides is 1. The van der Waals surface area contributed by atoms with Gasteiger partial charge in [0.25, 0.3) is 5.91 Å². The summed E-state index contributed by atoms with van der Waals surface area (Å²) < 4.78 is 5.86. The van der Waals surface area contributed by atoms with E-state index in [9.17, 15) is 14.7 Å². The molecule has 1 aliphatic heterocycles. The summed E-state index contributed by atoms with van der Waals surface area (Å²) in [4.78, 5) is 29.1. The first-order valence-electron chi connectivity index (χ1n) is 11.7. The molecule has 1 amide bonds. The van der Waals surface area contributed by atoms with Crippen molar-refractivity contribution in [3.63, 3.8) is 0 Å². The molecule has 2 atom stereocenters. The van der Waals surface area contributed by atoms with E-state index < -0.39 is 17.9 Å². The van der Waals surface area contributed by atoms with Crippen molar-refractivity contribution < 1.29 is 19.4 Å². The SMILES string of the molecule is CC1CCNc2nc(CCOc3ccc(C[C@H](NC(=O)c4c(Cl)cccc4Cl)C(=O)O)cc3)ccc21. The van der Waals surface area contributed by atoms with Crippen molar-refractivity contribution in [2.24, 2.45) is 0 Å². The van der Waals surface area contributed by atoms with E-state index in [1.54, 1.807) is 30.3 Å². The van der Waals surface area contributed by atoms with Gasteiger partial charge in [0.1, 0.15) is 17.6 Å². The normalized spacial score (nSPS) is 15.4. The number of ether oxygens (including phenoxy) is 1. The number of aromatic nitrogens is 1. The summed E-state index contributed by atoms with van der Waals surface area (Å²) in [5, 5.41) is 15.8. The molecule has 2 heterocycles. The number of aliphatic carboxylic acids is 1. The number of pyridine rings is 1. The van der Waals surface area contributed by atoms with Crippen molar-refractivity contribution >= 4 is 40.9 Å². The third-order valence-corrected chi connectivity index (χ3v) is 6.80. The number of halogens is 2. The highest BCUT2D eigenvalue weighted by atomic mass is 35.5. The number of rotatable bonds is 9. The molecule has 1 aromatic heterocycles. The fraction of sp³-hybridized carbons (Fsp3) is 0.296. The van der Waals surface area contributed by atoms with E-state index in [1.165, 1.54) is 17.7 Å². The lowest BCUT2D eigenvalue weighted by Gasteiger charge is -2.23. The minimum Gasteiger partial charge on any atom is -0.493 e. The standard InChI is InChI=1S/C27H27Cl2N3O4/c1-16-11-13-30-25-20(16)10-7-18(31-25)12-14-36-19-8-5-17(6-9-19)15-23(27(34)35)32-26(33)24-21(28)3-2-4-22(24)29/h2-10,16,23H,11-15H2,1H3,(H,30,31)(H,32,33)(H,34,35)/t16?,23-/m0/s1. The van der Waals surface area contributed by atoms with Gasteiger partial charge in [0.05, 0.1) is 22.2 Å². The minimum absolute atomic E-state index is 0.0505. The molecular formula is C27H27Cl2N3O4. The van der Waals surface area contributed by atoms with Crippen molar-refractivity contribution in [1.82, 2.24) is 10.3 Å². The third kappa shape index (κ3) is 6.28. The van der Waals surface area contributed by atoms with Crippen LogP contribution in [0.3, 0.4) is 0 Å². The number of carbonyl (C=O) groups excluding carboxylic acids is 1. The van der Waals surface area contributed by atoms with Crippen molar-refractivity contribution in [3.05, 3.63) is 87.0 Å². The number of carbonyl (C=O) groups is 2. The lowest BCUT2D eigenvalue weighted by molar-refractivity contribution is -0.139. The molecular weight excluding hydrogens is 501 g/mol. The van der Waals surface area contributed by atoms with Crippen LogP contribution in [0, 0.1) is 0 Å². The second kappa shape index (κ2) is 11.6. The number of anilines is 1. The van der Waals surface area contributed by atoms with E-state index in [0.717, 1.165) is 30.0 Å². The van der Waals surface area contributed by atoms with Crippen molar-refractivity contribution in [2.45, 2.75) is 38.1 Å². The average molecular weight is 528 g/mol. The minimum atomic E-state index is -1.16. The Balaban J connectivity index is 1.32. The summed E-state index contributed by atoms with van der Waals surface area (Å²) in [6.07, 6.45) is 1.87. The molecule has 36 heavy (non-hydrogen) atoms. The summed E-state index contributed by atoms with van der Waals surface area (Å²) in [7, 11) is 0. The zero-order chi connectivity index (χ0) is 25.7. The van der Waals surface area contributed by atoms with E-state index in [2.05, 4.69) is 23.6 Å². The van der Waals surface area contributed by atoms with Gasteiger partial charge in [-0.3, -0.25) is 4.79 Å². The molecule has 2 aromatic carbocycles. The number of fused-ring (bicyclic) bond motifs is 1. The monoisotopic (exact) mass is 527 g/mol. The largest absolute Gasteiger partial charge is 0.493 e. The van der Waals surface area contributed by atoms with Gasteiger partial charge in [-0.25, -0.2) is 9.78 Å². The van der Waals surface area contributed by atoms with Crippen molar-refractivity contribution in [3.8, 4) is 5.75 Å². The quantitative estimate of drug-likeness (QED) is 0.346. The number of hydrogen-bond donors (Lipinski definition) is 3. The van der Waals surface area contributed by atoms with Crippen LogP contribution in [0.2, 0.25) is 10.0 Å². The van der Waals surface area contributed by atoms with Gasteiger partial charge in [-0.15, -0.1) is 0 Å².